The first-order valence-electron chi connectivity index (χ1n) is 3.43. The second kappa shape index (κ2) is 0.831. The lowest BCUT2D eigenvalue weighted by Crippen LogP contribution is -2.44. The summed E-state index contributed by atoms with van der Waals surface area (Å²) < 4.78 is 0. The van der Waals surface area contributed by atoms with Gasteiger partial charge in [0.05, 0.1) is 0 Å². The highest BCUT2D eigenvalue weighted by Gasteiger charge is 2.47. The fourth-order valence-corrected chi connectivity index (χ4v) is 2.36. The third-order valence-corrected chi connectivity index (χ3v) is 2.80. The molecular weight excluding hydrogens is 98.1 g/mol. The van der Waals surface area contributed by atoms with Gasteiger partial charge in [-0.05, 0) is 24.8 Å². The van der Waals surface area contributed by atoms with Crippen molar-refractivity contribution in [3.63, 3.8) is 0 Å². The molecule has 0 aromatic carbocycles. The molecule has 4 rings (SSSR count). The molecule has 2 aliphatic carbocycles. The third kappa shape index (κ3) is 0.190. The average Bonchev–Trinajstić information content (AvgIpc) is 2.25. The maximum absolute atomic E-state index is 3.46. The summed E-state index contributed by atoms with van der Waals surface area (Å²) in [7, 11) is 0. The monoisotopic (exact) mass is 107 g/mol. The molecule has 1 nitrogen and oxygen atoms in total. The van der Waals surface area contributed by atoms with E-state index in [9.17, 15) is 0 Å². The second-order valence-electron chi connectivity index (χ2n) is 3.12. The minimum atomic E-state index is 0.897. The quantitative estimate of drug-likeness (QED) is 0.487. The Kier molecular flexibility index (Phi) is 0.368. The molecule has 1 saturated heterocycles. The van der Waals surface area contributed by atoms with Crippen molar-refractivity contribution in [2.24, 2.45) is 5.92 Å². The van der Waals surface area contributed by atoms with Gasteiger partial charge < -0.3 is 5.32 Å². The van der Waals surface area contributed by atoms with Crippen molar-refractivity contribution in [3.05, 3.63) is 11.3 Å². The SMILES string of the molecule is C1CC2C3=C1CC2N3. The number of nitrogens with one attached hydrogen (secondary N) is 1. The summed E-state index contributed by atoms with van der Waals surface area (Å²) in [6, 6.07) is 0.897. The maximum atomic E-state index is 3.46. The largest absolute Gasteiger partial charge is 0.384 e. The second-order valence-corrected chi connectivity index (χ2v) is 3.12. The van der Waals surface area contributed by atoms with E-state index in [1.807, 2.05) is 0 Å². The number of hydrogen-bond donors (Lipinski definition) is 1. The molecule has 1 fully saturated rings. The van der Waals surface area contributed by atoms with E-state index in [0.29, 0.717) is 0 Å². The van der Waals surface area contributed by atoms with Crippen molar-refractivity contribution in [1.82, 2.24) is 5.32 Å². The van der Waals surface area contributed by atoms with Crippen LogP contribution in [0.1, 0.15) is 19.3 Å². The highest BCUT2D eigenvalue weighted by Crippen LogP contribution is 2.50. The summed E-state index contributed by atoms with van der Waals surface area (Å²) in [5.74, 6) is 1.00. The van der Waals surface area contributed by atoms with Crippen LogP contribution in [0.2, 0.25) is 0 Å². The first-order valence-corrected chi connectivity index (χ1v) is 3.43. The van der Waals surface area contributed by atoms with Crippen LogP contribution in [0.3, 0.4) is 0 Å². The Bertz CT molecular complexity index is 177. The Morgan fingerprint density at radius 3 is 2.88 bits per heavy atom. The molecule has 2 heterocycles. The lowest BCUT2D eigenvalue weighted by Gasteiger charge is -2.33. The van der Waals surface area contributed by atoms with Gasteiger partial charge in [-0.2, -0.15) is 0 Å². The molecule has 1 N–H and O–H groups in total. The smallest absolute Gasteiger partial charge is 0.0379 e. The van der Waals surface area contributed by atoms with Gasteiger partial charge in [0.2, 0.25) is 0 Å². The molecule has 2 atom stereocenters. The summed E-state index contributed by atoms with van der Waals surface area (Å²) in [6.45, 7) is 0. The predicted octanol–water partition coefficient (Wildman–Crippen LogP) is 1.03. The Labute approximate surface area is 48.8 Å². The van der Waals surface area contributed by atoms with Crippen LogP contribution in [0.4, 0.5) is 0 Å². The zero-order chi connectivity index (χ0) is 5.14. The molecule has 2 unspecified atom stereocenters. The molecule has 2 aliphatic heterocycles. The van der Waals surface area contributed by atoms with Gasteiger partial charge in [0, 0.05) is 17.7 Å². The molecule has 42 valence electrons. The van der Waals surface area contributed by atoms with Crippen LogP contribution in [0.15, 0.2) is 11.3 Å². The van der Waals surface area contributed by atoms with E-state index in [2.05, 4.69) is 5.32 Å². The van der Waals surface area contributed by atoms with Crippen LogP contribution in [0.5, 0.6) is 0 Å². The van der Waals surface area contributed by atoms with Crippen molar-refractivity contribution >= 4 is 0 Å². The van der Waals surface area contributed by atoms with Gasteiger partial charge in [0.15, 0.2) is 0 Å². The van der Waals surface area contributed by atoms with E-state index in [1.54, 1.807) is 11.3 Å². The number of hydrogen-bond acceptors (Lipinski definition) is 1. The molecule has 0 aromatic heterocycles. The van der Waals surface area contributed by atoms with Gasteiger partial charge in [-0.25, -0.2) is 0 Å². The molecular formula is C7H9N. The van der Waals surface area contributed by atoms with Crippen molar-refractivity contribution in [3.8, 4) is 0 Å². The van der Waals surface area contributed by atoms with Gasteiger partial charge in [0.25, 0.3) is 0 Å². The van der Waals surface area contributed by atoms with Crippen LogP contribution < -0.4 is 5.32 Å². The van der Waals surface area contributed by atoms with Gasteiger partial charge in [-0.1, -0.05) is 0 Å². The molecule has 0 amide bonds. The molecule has 8 heavy (non-hydrogen) atoms. The Balaban J connectivity index is 2.21. The zero-order valence-corrected chi connectivity index (χ0v) is 4.78. The fourth-order valence-electron chi connectivity index (χ4n) is 2.36. The third-order valence-electron chi connectivity index (χ3n) is 2.80. The zero-order valence-electron chi connectivity index (χ0n) is 4.78. The maximum Gasteiger partial charge on any atom is 0.0379 e. The van der Waals surface area contributed by atoms with E-state index in [4.69, 9.17) is 0 Å². The molecule has 0 saturated carbocycles. The van der Waals surface area contributed by atoms with E-state index < -0.39 is 0 Å². The average molecular weight is 107 g/mol. The van der Waals surface area contributed by atoms with Crippen molar-refractivity contribution in [2.75, 3.05) is 0 Å². The summed E-state index contributed by atoms with van der Waals surface area (Å²) in [4.78, 5) is 0. The topological polar surface area (TPSA) is 12.0 Å². The lowest BCUT2D eigenvalue weighted by atomic mass is 9.89. The lowest BCUT2D eigenvalue weighted by molar-refractivity contribution is 0.322. The van der Waals surface area contributed by atoms with Crippen LogP contribution in [0.25, 0.3) is 0 Å². The Hall–Kier alpha value is -0.460. The van der Waals surface area contributed by atoms with Crippen molar-refractivity contribution in [2.45, 2.75) is 25.3 Å². The molecule has 0 spiro atoms. The minimum absolute atomic E-state index is 0.897. The Morgan fingerprint density at radius 1 is 1.50 bits per heavy atom. The van der Waals surface area contributed by atoms with Crippen molar-refractivity contribution < 1.29 is 0 Å². The van der Waals surface area contributed by atoms with E-state index >= 15 is 0 Å². The van der Waals surface area contributed by atoms with E-state index in [0.717, 1.165) is 12.0 Å². The summed E-state index contributed by atoms with van der Waals surface area (Å²) in [6.07, 6.45) is 4.26. The van der Waals surface area contributed by atoms with Gasteiger partial charge >= 0.3 is 0 Å². The van der Waals surface area contributed by atoms with Crippen LogP contribution >= 0.6 is 0 Å². The summed E-state index contributed by atoms with van der Waals surface area (Å²) in [5.41, 5.74) is 3.38. The fraction of sp³-hybridized carbons (Fsp3) is 0.714. The summed E-state index contributed by atoms with van der Waals surface area (Å²) in [5, 5.41) is 3.46. The molecule has 0 radical (unpaired) electrons. The number of rotatable bonds is 0. The highest BCUT2D eigenvalue weighted by molar-refractivity contribution is 5.39. The van der Waals surface area contributed by atoms with E-state index in [-0.39, 0.29) is 0 Å². The van der Waals surface area contributed by atoms with Crippen LogP contribution in [-0.4, -0.2) is 6.04 Å². The Morgan fingerprint density at radius 2 is 2.50 bits per heavy atom. The highest BCUT2D eigenvalue weighted by atomic mass is 15.1. The van der Waals surface area contributed by atoms with Gasteiger partial charge in [-0.15, -0.1) is 0 Å². The predicted molar refractivity (Wildman–Crippen MR) is 31.3 cm³/mol. The van der Waals surface area contributed by atoms with Crippen LogP contribution in [-0.2, 0) is 0 Å². The molecule has 1 heteroatoms. The van der Waals surface area contributed by atoms with E-state index in [1.165, 1.54) is 19.3 Å². The molecule has 4 aliphatic rings. The molecule has 0 aromatic rings. The normalized spacial score (nSPS) is 47.0. The van der Waals surface area contributed by atoms with Crippen molar-refractivity contribution in [1.29, 1.82) is 0 Å². The summed E-state index contributed by atoms with van der Waals surface area (Å²) >= 11 is 0. The first kappa shape index (κ1) is 3.54. The van der Waals surface area contributed by atoms with Crippen LogP contribution in [0, 0.1) is 5.92 Å². The van der Waals surface area contributed by atoms with Gasteiger partial charge in [-0.3, -0.25) is 0 Å². The van der Waals surface area contributed by atoms with Gasteiger partial charge in [0.1, 0.15) is 0 Å². The molecule has 4 bridgehead atoms. The standard InChI is InChI=1S/C7H9N/c1-2-5-6-3-4(1)7(5)8-6/h5-6,8H,1-3H2. The first-order chi connectivity index (χ1) is 3.95. The minimum Gasteiger partial charge on any atom is -0.384 e.